The number of benzene rings is 1. The number of rotatable bonds is 2. The third-order valence-corrected chi connectivity index (χ3v) is 3.52. The minimum atomic E-state index is -0.649. The number of cyclic esters (lactones) is 1. The van der Waals surface area contributed by atoms with Gasteiger partial charge in [-0.25, -0.2) is 9.79 Å². The van der Waals surface area contributed by atoms with E-state index < -0.39 is 12.0 Å². The van der Waals surface area contributed by atoms with Gasteiger partial charge < -0.3 is 9.64 Å². The molecule has 2 aliphatic rings. The van der Waals surface area contributed by atoms with E-state index in [1.165, 1.54) is 6.92 Å². The number of carbonyl (C=O) groups excluding carboxylic acids is 2. The molecule has 0 radical (unpaired) electrons. The van der Waals surface area contributed by atoms with Crippen molar-refractivity contribution in [1.29, 1.82) is 0 Å². The second-order valence-electron chi connectivity index (χ2n) is 4.83. The largest absolute Gasteiger partial charge is 0.406 e. The van der Waals surface area contributed by atoms with E-state index in [-0.39, 0.29) is 11.9 Å². The maximum atomic E-state index is 12.0. The van der Waals surface area contributed by atoms with E-state index in [0.717, 1.165) is 5.56 Å². The number of aliphatic imine (C=N–C) groups is 1. The van der Waals surface area contributed by atoms with Gasteiger partial charge in [-0.15, -0.1) is 0 Å². The number of carbonyl (C=O) groups is 2. The zero-order valence-electron chi connectivity index (χ0n) is 11.1. The fourth-order valence-corrected chi connectivity index (χ4v) is 2.51. The topological polar surface area (TPSA) is 71.0 Å². The Bertz CT molecular complexity index is 570. The first-order valence-electron chi connectivity index (χ1n) is 6.49. The van der Waals surface area contributed by atoms with Crippen molar-refractivity contribution in [3.8, 4) is 0 Å². The van der Waals surface area contributed by atoms with Crippen LogP contribution in [-0.4, -0.2) is 48.0 Å². The van der Waals surface area contributed by atoms with Crippen LogP contribution in [-0.2, 0) is 14.3 Å². The molecule has 6 nitrogen and oxygen atoms in total. The van der Waals surface area contributed by atoms with Crippen LogP contribution in [0, 0.1) is 0 Å². The molecule has 0 saturated carbocycles. The summed E-state index contributed by atoms with van der Waals surface area (Å²) >= 11 is 0. The highest BCUT2D eigenvalue weighted by Gasteiger charge is 2.42. The van der Waals surface area contributed by atoms with Gasteiger partial charge in [0.05, 0.1) is 12.7 Å². The molecule has 2 heterocycles. The van der Waals surface area contributed by atoms with Crippen LogP contribution in [0.4, 0.5) is 0 Å². The van der Waals surface area contributed by atoms with Crippen LogP contribution in [0.15, 0.2) is 35.3 Å². The standard InChI is InChI=1S/C14H15N3O3/c1-9(18)17-8-15-7-11(17)12-14(19)20-13(16-12)10-5-3-2-4-6-10/h2-6,11-12,15H,7-8H2,1H3. The van der Waals surface area contributed by atoms with Crippen LogP contribution in [0.3, 0.4) is 0 Å². The van der Waals surface area contributed by atoms with Crippen LogP contribution in [0.25, 0.3) is 0 Å². The van der Waals surface area contributed by atoms with Gasteiger partial charge in [0.15, 0.2) is 6.04 Å². The van der Waals surface area contributed by atoms with Crippen LogP contribution in [0.5, 0.6) is 0 Å². The predicted molar refractivity (Wildman–Crippen MR) is 72.0 cm³/mol. The number of hydrogen-bond acceptors (Lipinski definition) is 5. The van der Waals surface area contributed by atoms with Crippen molar-refractivity contribution in [2.24, 2.45) is 4.99 Å². The molecule has 1 saturated heterocycles. The summed E-state index contributed by atoms with van der Waals surface area (Å²) in [5.74, 6) is -0.143. The van der Waals surface area contributed by atoms with E-state index in [1.807, 2.05) is 30.3 Å². The lowest BCUT2D eigenvalue weighted by Gasteiger charge is -2.23. The lowest BCUT2D eigenvalue weighted by Crippen LogP contribution is -2.44. The van der Waals surface area contributed by atoms with Crippen LogP contribution < -0.4 is 5.32 Å². The van der Waals surface area contributed by atoms with Crippen molar-refractivity contribution in [1.82, 2.24) is 10.2 Å². The van der Waals surface area contributed by atoms with Crippen molar-refractivity contribution < 1.29 is 14.3 Å². The first-order chi connectivity index (χ1) is 9.66. The average Bonchev–Trinajstić information content (AvgIpc) is 3.05. The molecule has 0 aliphatic carbocycles. The number of ether oxygens (including phenoxy) is 1. The molecule has 20 heavy (non-hydrogen) atoms. The molecule has 2 aliphatic heterocycles. The van der Waals surface area contributed by atoms with E-state index in [1.54, 1.807) is 4.90 Å². The number of hydrogen-bond donors (Lipinski definition) is 1. The summed E-state index contributed by atoms with van der Waals surface area (Å²) in [6.45, 7) is 2.48. The Morgan fingerprint density at radius 3 is 2.85 bits per heavy atom. The Morgan fingerprint density at radius 2 is 2.15 bits per heavy atom. The van der Waals surface area contributed by atoms with Crippen molar-refractivity contribution >= 4 is 17.8 Å². The van der Waals surface area contributed by atoms with E-state index in [0.29, 0.717) is 19.1 Å². The highest BCUT2D eigenvalue weighted by atomic mass is 16.6. The van der Waals surface area contributed by atoms with Gasteiger partial charge in [-0.1, -0.05) is 18.2 Å². The molecular formula is C14H15N3O3. The second kappa shape index (κ2) is 5.05. The zero-order chi connectivity index (χ0) is 14.1. The highest BCUT2D eigenvalue weighted by molar-refractivity contribution is 6.06. The van der Waals surface area contributed by atoms with Crippen molar-refractivity contribution in [3.05, 3.63) is 35.9 Å². The Balaban J connectivity index is 1.86. The second-order valence-corrected chi connectivity index (χ2v) is 4.83. The van der Waals surface area contributed by atoms with Crippen LogP contribution >= 0.6 is 0 Å². The molecule has 0 bridgehead atoms. The summed E-state index contributed by atoms with van der Waals surface area (Å²) in [5, 5.41) is 3.08. The maximum absolute atomic E-state index is 12.0. The fourth-order valence-electron chi connectivity index (χ4n) is 2.51. The summed E-state index contributed by atoms with van der Waals surface area (Å²) in [6.07, 6.45) is 0. The SMILES string of the molecule is CC(=O)N1CNCC1C1N=C(c2ccccc2)OC1=O. The average molecular weight is 273 g/mol. The monoisotopic (exact) mass is 273 g/mol. The molecule has 0 spiro atoms. The molecule has 104 valence electrons. The number of nitrogens with zero attached hydrogens (tertiary/aromatic N) is 2. The lowest BCUT2D eigenvalue weighted by atomic mass is 10.1. The molecule has 1 amide bonds. The molecule has 2 unspecified atom stereocenters. The molecular weight excluding hydrogens is 258 g/mol. The lowest BCUT2D eigenvalue weighted by molar-refractivity contribution is -0.137. The van der Waals surface area contributed by atoms with Crippen molar-refractivity contribution in [2.45, 2.75) is 19.0 Å². The third kappa shape index (κ3) is 2.18. The van der Waals surface area contributed by atoms with E-state index in [9.17, 15) is 9.59 Å². The number of nitrogens with one attached hydrogen (secondary N) is 1. The first-order valence-corrected chi connectivity index (χ1v) is 6.49. The normalized spacial score (nSPS) is 25.6. The minimum absolute atomic E-state index is 0.0730. The Hall–Kier alpha value is -2.21. The first kappa shape index (κ1) is 12.8. The molecule has 1 aromatic rings. The van der Waals surface area contributed by atoms with Gasteiger partial charge in [0.25, 0.3) is 0 Å². The summed E-state index contributed by atoms with van der Waals surface area (Å²) < 4.78 is 5.25. The summed E-state index contributed by atoms with van der Waals surface area (Å²) in [5.41, 5.74) is 0.767. The predicted octanol–water partition coefficient (Wildman–Crippen LogP) is 0.136. The Labute approximate surface area is 116 Å². The highest BCUT2D eigenvalue weighted by Crippen LogP contribution is 2.20. The Kier molecular flexibility index (Phi) is 3.23. The van der Waals surface area contributed by atoms with Gasteiger partial charge in [-0.2, -0.15) is 0 Å². The van der Waals surface area contributed by atoms with Gasteiger partial charge in [0, 0.05) is 19.0 Å². The quantitative estimate of drug-likeness (QED) is 0.778. The molecule has 1 aromatic carbocycles. The number of amides is 1. The van der Waals surface area contributed by atoms with Crippen LogP contribution in [0.2, 0.25) is 0 Å². The van der Waals surface area contributed by atoms with Crippen molar-refractivity contribution in [3.63, 3.8) is 0 Å². The van der Waals surface area contributed by atoms with E-state index in [4.69, 9.17) is 4.74 Å². The smallest absolute Gasteiger partial charge is 0.339 e. The molecule has 3 rings (SSSR count). The van der Waals surface area contributed by atoms with Gasteiger partial charge in [0.1, 0.15) is 0 Å². The summed E-state index contributed by atoms with van der Waals surface area (Å²) in [7, 11) is 0. The van der Waals surface area contributed by atoms with Crippen molar-refractivity contribution in [2.75, 3.05) is 13.2 Å². The Morgan fingerprint density at radius 1 is 1.40 bits per heavy atom. The molecule has 2 atom stereocenters. The summed E-state index contributed by atoms with van der Waals surface area (Å²) in [4.78, 5) is 29.5. The third-order valence-electron chi connectivity index (χ3n) is 3.52. The van der Waals surface area contributed by atoms with E-state index in [2.05, 4.69) is 10.3 Å². The van der Waals surface area contributed by atoms with Gasteiger partial charge >= 0.3 is 5.97 Å². The minimum Gasteiger partial charge on any atom is -0.406 e. The summed E-state index contributed by atoms with van der Waals surface area (Å²) in [6, 6.07) is 8.35. The number of esters is 1. The molecule has 0 aromatic heterocycles. The fraction of sp³-hybridized carbons (Fsp3) is 0.357. The van der Waals surface area contributed by atoms with Gasteiger partial charge in [-0.3, -0.25) is 10.1 Å². The molecule has 6 heteroatoms. The maximum Gasteiger partial charge on any atom is 0.339 e. The zero-order valence-corrected chi connectivity index (χ0v) is 11.1. The molecule has 1 fully saturated rings. The van der Waals surface area contributed by atoms with E-state index >= 15 is 0 Å². The van der Waals surface area contributed by atoms with Crippen LogP contribution in [0.1, 0.15) is 12.5 Å². The van der Waals surface area contributed by atoms with Gasteiger partial charge in [0.2, 0.25) is 11.8 Å². The molecule has 1 N–H and O–H groups in total. The van der Waals surface area contributed by atoms with Gasteiger partial charge in [-0.05, 0) is 12.1 Å².